The zero-order valence-electron chi connectivity index (χ0n) is 9.41. The van der Waals surface area contributed by atoms with Gasteiger partial charge in [0.2, 0.25) is 0 Å². The number of hydrogen-bond acceptors (Lipinski definition) is 1. The highest BCUT2D eigenvalue weighted by molar-refractivity contribution is 6.37. The van der Waals surface area contributed by atoms with E-state index in [0.29, 0.717) is 22.4 Å². The molecule has 0 unspecified atom stereocenters. The summed E-state index contributed by atoms with van der Waals surface area (Å²) in [7, 11) is 0. The molecule has 0 radical (unpaired) electrons. The third-order valence-corrected chi connectivity index (χ3v) is 2.93. The summed E-state index contributed by atoms with van der Waals surface area (Å²) in [6.45, 7) is 2.40. The van der Waals surface area contributed by atoms with Gasteiger partial charge in [0.15, 0.2) is 5.75 Å². The number of hydrogen-bond donors (Lipinski definition) is 0. The Bertz CT molecular complexity index is 486. The normalized spacial score (nSPS) is 10.3. The number of rotatable bonds is 3. The predicted octanol–water partition coefficient (Wildman–Crippen LogP) is 4.88. The van der Waals surface area contributed by atoms with Crippen molar-refractivity contribution in [1.29, 1.82) is 0 Å². The highest BCUT2D eigenvalue weighted by atomic mass is 35.5. The van der Waals surface area contributed by atoms with Crippen LogP contribution in [0.4, 0.5) is 0 Å². The molecule has 1 nitrogen and oxygen atoms in total. The molecule has 0 amide bonds. The van der Waals surface area contributed by atoms with Crippen LogP contribution in [0.5, 0.6) is 5.75 Å². The number of ether oxygens (including phenoxy) is 1. The van der Waals surface area contributed by atoms with Crippen LogP contribution < -0.4 is 4.74 Å². The first kappa shape index (κ1) is 12.3. The van der Waals surface area contributed by atoms with Crippen molar-refractivity contribution in [3.8, 4) is 5.75 Å². The van der Waals surface area contributed by atoms with Crippen LogP contribution >= 0.6 is 23.2 Å². The van der Waals surface area contributed by atoms with Crippen LogP contribution in [0, 0.1) is 6.92 Å². The summed E-state index contributed by atoms with van der Waals surface area (Å²) in [6, 6.07) is 13.6. The summed E-state index contributed by atoms with van der Waals surface area (Å²) in [6.07, 6.45) is 0. The first-order chi connectivity index (χ1) is 8.16. The SMILES string of the molecule is Cc1cc(Cl)c(OCc2ccccc2)c(Cl)c1. The van der Waals surface area contributed by atoms with Crippen molar-refractivity contribution in [3.05, 3.63) is 63.6 Å². The van der Waals surface area contributed by atoms with E-state index in [4.69, 9.17) is 27.9 Å². The molecule has 0 saturated heterocycles. The highest BCUT2D eigenvalue weighted by Gasteiger charge is 2.08. The van der Waals surface area contributed by atoms with Gasteiger partial charge in [-0.2, -0.15) is 0 Å². The van der Waals surface area contributed by atoms with Crippen LogP contribution in [0.25, 0.3) is 0 Å². The maximum atomic E-state index is 6.09. The van der Waals surface area contributed by atoms with Gasteiger partial charge in [0.05, 0.1) is 10.0 Å². The Balaban J connectivity index is 2.15. The van der Waals surface area contributed by atoms with Crippen molar-refractivity contribution in [2.45, 2.75) is 13.5 Å². The Morgan fingerprint density at radius 1 is 1.00 bits per heavy atom. The summed E-state index contributed by atoms with van der Waals surface area (Å²) < 4.78 is 5.64. The standard InChI is InChI=1S/C14H12Cl2O/c1-10-7-12(15)14(13(16)8-10)17-9-11-5-3-2-4-6-11/h2-8H,9H2,1H3. The molecule has 0 aliphatic heterocycles. The van der Waals surface area contributed by atoms with E-state index in [-0.39, 0.29) is 0 Å². The van der Waals surface area contributed by atoms with Crippen molar-refractivity contribution < 1.29 is 4.74 Å². The van der Waals surface area contributed by atoms with Crippen LogP contribution in [-0.4, -0.2) is 0 Å². The lowest BCUT2D eigenvalue weighted by molar-refractivity contribution is 0.306. The van der Waals surface area contributed by atoms with E-state index < -0.39 is 0 Å². The molecule has 2 aromatic rings. The smallest absolute Gasteiger partial charge is 0.156 e. The molecule has 2 rings (SSSR count). The molecule has 0 saturated carbocycles. The Labute approximate surface area is 111 Å². The molecule has 17 heavy (non-hydrogen) atoms. The minimum atomic E-state index is 0.462. The minimum absolute atomic E-state index is 0.462. The van der Waals surface area contributed by atoms with E-state index in [9.17, 15) is 0 Å². The van der Waals surface area contributed by atoms with Crippen molar-refractivity contribution in [3.63, 3.8) is 0 Å². The zero-order chi connectivity index (χ0) is 12.3. The molecular weight excluding hydrogens is 255 g/mol. The molecule has 0 bridgehead atoms. The van der Waals surface area contributed by atoms with Gasteiger partial charge < -0.3 is 4.74 Å². The zero-order valence-corrected chi connectivity index (χ0v) is 10.9. The summed E-state index contributed by atoms with van der Waals surface area (Å²) in [5, 5.41) is 1.09. The van der Waals surface area contributed by atoms with Gasteiger partial charge in [-0.05, 0) is 30.2 Å². The third-order valence-electron chi connectivity index (χ3n) is 2.37. The largest absolute Gasteiger partial charge is 0.486 e. The molecule has 0 N–H and O–H groups in total. The quantitative estimate of drug-likeness (QED) is 0.770. The molecule has 88 valence electrons. The van der Waals surface area contributed by atoms with Crippen molar-refractivity contribution in [2.75, 3.05) is 0 Å². The van der Waals surface area contributed by atoms with E-state index in [1.165, 1.54) is 0 Å². The lowest BCUT2D eigenvalue weighted by Crippen LogP contribution is -1.96. The van der Waals surface area contributed by atoms with Crippen molar-refractivity contribution >= 4 is 23.2 Å². The van der Waals surface area contributed by atoms with Crippen molar-refractivity contribution in [2.24, 2.45) is 0 Å². The maximum absolute atomic E-state index is 6.09. The van der Waals surface area contributed by atoms with E-state index in [1.54, 1.807) is 0 Å². The average molecular weight is 267 g/mol. The molecule has 0 heterocycles. The second kappa shape index (κ2) is 5.44. The number of halogens is 2. The van der Waals surface area contributed by atoms with Gasteiger partial charge in [-0.15, -0.1) is 0 Å². The van der Waals surface area contributed by atoms with Gasteiger partial charge >= 0.3 is 0 Å². The topological polar surface area (TPSA) is 9.23 Å². The Morgan fingerprint density at radius 2 is 1.59 bits per heavy atom. The maximum Gasteiger partial charge on any atom is 0.156 e. The fourth-order valence-corrected chi connectivity index (χ4v) is 2.26. The molecule has 0 spiro atoms. The fraction of sp³-hybridized carbons (Fsp3) is 0.143. The fourth-order valence-electron chi connectivity index (χ4n) is 1.55. The third kappa shape index (κ3) is 3.15. The van der Waals surface area contributed by atoms with Gasteiger partial charge in [0.25, 0.3) is 0 Å². The number of aryl methyl sites for hydroxylation is 1. The summed E-state index contributed by atoms with van der Waals surface area (Å²) in [5.74, 6) is 0.544. The molecule has 3 heteroatoms. The Morgan fingerprint density at radius 3 is 2.18 bits per heavy atom. The van der Waals surface area contributed by atoms with Crippen LogP contribution in [0.15, 0.2) is 42.5 Å². The van der Waals surface area contributed by atoms with Gasteiger partial charge in [0, 0.05) is 0 Å². The molecule has 0 atom stereocenters. The van der Waals surface area contributed by atoms with E-state index in [0.717, 1.165) is 11.1 Å². The van der Waals surface area contributed by atoms with Gasteiger partial charge in [-0.3, -0.25) is 0 Å². The second-order valence-corrected chi connectivity index (χ2v) is 4.65. The summed E-state index contributed by atoms with van der Waals surface area (Å²) in [4.78, 5) is 0. The lowest BCUT2D eigenvalue weighted by Gasteiger charge is -2.10. The number of benzene rings is 2. The Hall–Kier alpha value is -1.18. The summed E-state index contributed by atoms with van der Waals surface area (Å²) in [5.41, 5.74) is 2.10. The van der Waals surface area contributed by atoms with Crippen LogP contribution in [0.2, 0.25) is 10.0 Å². The lowest BCUT2D eigenvalue weighted by atomic mass is 10.2. The van der Waals surface area contributed by atoms with E-state index >= 15 is 0 Å². The minimum Gasteiger partial charge on any atom is -0.486 e. The average Bonchev–Trinajstić information content (AvgIpc) is 2.29. The second-order valence-electron chi connectivity index (χ2n) is 3.83. The molecule has 2 aromatic carbocycles. The molecular formula is C14H12Cl2O. The van der Waals surface area contributed by atoms with E-state index in [1.807, 2.05) is 49.4 Å². The molecule has 0 aliphatic carbocycles. The molecule has 0 aliphatic rings. The van der Waals surface area contributed by atoms with Crippen LogP contribution in [0.3, 0.4) is 0 Å². The van der Waals surface area contributed by atoms with Crippen LogP contribution in [0.1, 0.15) is 11.1 Å². The predicted molar refractivity (Wildman–Crippen MR) is 72.0 cm³/mol. The molecule has 0 fully saturated rings. The van der Waals surface area contributed by atoms with Gasteiger partial charge in [-0.1, -0.05) is 53.5 Å². The molecule has 0 aromatic heterocycles. The van der Waals surface area contributed by atoms with Gasteiger partial charge in [-0.25, -0.2) is 0 Å². The first-order valence-corrected chi connectivity index (χ1v) is 6.05. The van der Waals surface area contributed by atoms with Crippen LogP contribution in [-0.2, 0) is 6.61 Å². The van der Waals surface area contributed by atoms with Crippen molar-refractivity contribution in [1.82, 2.24) is 0 Å². The Kier molecular flexibility index (Phi) is 3.93. The first-order valence-electron chi connectivity index (χ1n) is 5.29. The summed E-state index contributed by atoms with van der Waals surface area (Å²) >= 11 is 12.2. The monoisotopic (exact) mass is 266 g/mol. The van der Waals surface area contributed by atoms with E-state index in [2.05, 4.69) is 0 Å². The highest BCUT2D eigenvalue weighted by Crippen LogP contribution is 2.34. The van der Waals surface area contributed by atoms with Gasteiger partial charge in [0.1, 0.15) is 6.61 Å².